The zero-order chi connectivity index (χ0) is 28.7. The summed E-state index contributed by atoms with van der Waals surface area (Å²) in [5, 5.41) is 32.5. The zero-order valence-electron chi connectivity index (χ0n) is 21.9. The van der Waals surface area contributed by atoms with E-state index < -0.39 is 5.97 Å². The van der Waals surface area contributed by atoms with Crippen LogP contribution < -0.4 is 11.1 Å². The molecule has 9 nitrogen and oxygen atoms in total. The molecule has 39 heavy (non-hydrogen) atoms. The summed E-state index contributed by atoms with van der Waals surface area (Å²) in [5.74, 6) is -0.341. The molecule has 1 amide bonds. The van der Waals surface area contributed by atoms with Crippen LogP contribution in [0.3, 0.4) is 0 Å². The van der Waals surface area contributed by atoms with Gasteiger partial charge in [-0.3, -0.25) is 4.79 Å². The molecule has 0 saturated heterocycles. The van der Waals surface area contributed by atoms with Crippen molar-refractivity contribution in [2.45, 2.75) is 45.1 Å². The van der Waals surface area contributed by atoms with Crippen molar-refractivity contribution in [3.63, 3.8) is 0 Å². The molecule has 2 heterocycles. The summed E-state index contributed by atoms with van der Waals surface area (Å²) in [6.45, 7) is 7.66. The van der Waals surface area contributed by atoms with Gasteiger partial charge in [-0.05, 0) is 36.5 Å². The molecule has 3 rings (SSSR count). The number of pyridine rings is 1. The second-order valence-electron chi connectivity index (χ2n) is 8.67. The Labute approximate surface area is 235 Å². The highest BCUT2D eigenvalue weighted by Gasteiger charge is 2.23. The maximum atomic E-state index is 12.7. The highest BCUT2D eigenvalue weighted by atomic mass is 32.2. The van der Waals surface area contributed by atoms with Crippen molar-refractivity contribution >= 4 is 45.8 Å². The first-order chi connectivity index (χ1) is 18.7. The van der Waals surface area contributed by atoms with Crippen LogP contribution in [0.2, 0.25) is 0 Å². The molecule has 0 aliphatic carbocycles. The number of esters is 1. The van der Waals surface area contributed by atoms with Gasteiger partial charge in [0.1, 0.15) is 44.5 Å². The minimum atomic E-state index is -0.546. The molecule has 0 aliphatic heterocycles. The van der Waals surface area contributed by atoms with Crippen LogP contribution in [0.4, 0.5) is 10.8 Å². The number of nitrogens with two attached hydrogens (primary N) is 1. The molecule has 1 aromatic carbocycles. The summed E-state index contributed by atoms with van der Waals surface area (Å²) < 4.78 is 5.03. The molecule has 0 bridgehead atoms. The molecule has 0 aliphatic rings. The van der Waals surface area contributed by atoms with E-state index in [1.54, 1.807) is 13.8 Å². The van der Waals surface area contributed by atoms with Crippen molar-refractivity contribution in [3.05, 3.63) is 57.0 Å². The minimum absolute atomic E-state index is 0.00519. The fourth-order valence-corrected chi connectivity index (χ4v) is 5.79. The molecule has 3 N–H and O–H groups in total. The third kappa shape index (κ3) is 6.38. The molecular weight excluding hydrogens is 532 g/mol. The Morgan fingerprint density at radius 2 is 1.74 bits per heavy atom. The molecule has 0 saturated carbocycles. The molecule has 0 fully saturated rings. The molecule has 0 atom stereocenters. The van der Waals surface area contributed by atoms with Crippen LogP contribution in [0.5, 0.6) is 0 Å². The topological polar surface area (TPSA) is 166 Å². The van der Waals surface area contributed by atoms with Crippen molar-refractivity contribution < 1.29 is 14.3 Å². The average molecular weight is 559 g/mol. The number of carbonyl (C=O) groups is 2. The lowest BCUT2D eigenvalue weighted by molar-refractivity contribution is -0.115. The third-order valence-corrected chi connectivity index (χ3v) is 7.99. The normalized spacial score (nSPS) is 10.4. The molecule has 0 unspecified atom stereocenters. The second-order valence-corrected chi connectivity index (χ2v) is 10.8. The number of nitriles is 3. The fourth-order valence-electron chi connectivity index (χ4n) is 3.78. The minimum Gasteiger partial charge on any atom is -0.462 e. The van der Waals surface area contributed by atoms with Gasteiger partial charge in [-0.15, -0.1) is 23.1 Å². The zero-order valence-corrected chi connectivity index (χ0v) is 23.5. The van der Waals surface area contributed by atoms with Crippen molar-refractivity contribution in [2.75, 3.05) is 23.4 Å². The Hall–Kier alpha value is -4.37. The van der Waals surface area contributed by atoms with Gasteiger partial charge in [-0.25, -0.2) is 9.78 Å². The SMILES string of the molecule is CCOC(=O)c1sc(NC(=O)CCSc2nc(N)c(C#N)c(-c3ccc(C(C)C)cc3)c2C#N)c(C#N)c1C. The average Bonchev–Trinajstić information content (AvgIpc) is 3.22. The third-order valence-electron chi connectivity index (χ3n) is 5.82. The van der Waals surface area contributed by atoms with Gasteiger partial charge >= 0.3 is 5.97 Å². The molecule has 11 heteroatoms. The van der Waals surface area contributed by atoms with E-state index in [9.17, 15) is 25.4 Å². The van der Waals surface area contributed by atoms with Gasteiger partial charge in [0.2, 0.25) is 5.91 Å². The summed E-state index contributed by atoms with van der Waals surface area (Å²) in [5.41, 5.74) is 9.31. The number of aromatic nitrogens is 1. The second kappa shape index (κ2) is 12.9. The Balaban J connectivity index is 1.81. The first kappa shape index (κ1) is 29.2. The molecular formula is C28H26N6O3S2. The van der Waals surface area contributed by atoms with Gasteiger partial charge in [-0.1, -0.05) is 38.1 Å². The lowest BCUT2D eigenvalue weighted by Gasteiger charge is -2.14. The summed E-state index contributed by atoms with van der Waals surface area (Å²) in [6, 6.07) is 13.9. The number of carbonyl (C=O) groups excluding carboxylic acids is 2. The first-order valence-corrected chi connectivity index (χ1v) is 13.8. The fraction of sp³-hybridized carbons (Fsp3) is 0.286. The van der Waals surface area contributed by atoms with Gasteiger partial charge in [0.25, 0.3) is 0 Å². The van der Waals surface area contributed by atoms with E-state index in [4.69, 9.17) is 10.5 Å². The van der Waals surface area contributed by atoms with Crippen LogP contribution in [0, 0.1) is 40.9 Å². The van der Waals surface area contributed by atoms with E-state index in [0.29, 0.717) is 27.6 Å². The van der Waals surface area contributed by atoms with E-state index in [2.05, 4.69) is 36.3 Å². The summed E-state index contributed by atoms with van der Waals surface area (Å²) >= 11 is 2.16. The first-order valence-electron chi connectivity index (χ1n) is 12.0. The van der Waals surface area contributed by atoms with Crippen LogP contribution >= 0.6 is 23.1 Å². The Kier molecular flexibility index (Phi) is 9.68. The standard InChI is InChI=1S/C28H26N6O3S2/c1-5-37-28(36)24-16(4)19(12-29)27(39-24)33-22(35)10-11-38-26-21(14-31)23(20(13-30)25(32)34-26)18-8-6-17(7-9-18)15(2)3/h6-9,15H,5,10-11H2,1-4H3,(H2,32,34)(H,33,35). The number of thioether (sulfide) groups is 1. The maximum Gasteiger partial charge on any atom is 0.348 e. The van der Waals surface area contributed by atoms with Gasteiger partial charge in [0.05, 0.1) is 17.7 Å². The summed E-state index contributed by atoms with van der Waals surface area (Å²) in [4.78, 5) is 29.4. The van der Waals surface area contributed by atoms with E-state index >= 15 is 0 Å². The number of nitrogen functional groups attached to an aromatic ring is 1. The predicted octanol–water partition coefficient (Wildman–Crippen LogP) is 5.74. The van der Waals surface area contributed by atoms with Crippen molar-refractivity contribution in [1.29, 1.82) is 15.8 Å². The monoisotopic (exact) mass is 558 g/mol. The predicted molar refractivity (Wildman–Crippen MR) is 151 cm³/mol. The van der Waals surface area contributed by atoms with Crippen LogP contribution in [-0.4, -0.2) is 29.2 Å². The van der Waals surface area contributed by atoms with Gasteiger partial charge in [-0.2, -0.15) is 15.8 Å². The smallest absolute Gasteiger partial charge is 0.348 e. The lowest BCUT2D eigenvalue weighted by Crippen LogP contribution is -2.12. The molecule has 2 aromatic heterocycles. The van der Waals surface area contributed by atoms with Crippen LogP contribution in [0.15, 0.2) is 29.3 Å². The van der Waals surface area contributed by atoms with Crippen molar-refractivity contribution in [1.82, 2.24) is 4.98 Å². The number of nitrogens with zero attached hydrogens (tertiary/aromatic N) is 4. The number of amides is 1. The Morgan fingerprint density at radius 3 is 2.31 bits per heavy atom. The maximum absolute atomic E-state index is 12.7. The number of ether oxygens (including phenoxy) is 1. The van der Waals surface area contributed by atoms with Crippen LogP contribution in [-0.2, 0) is 9.53 Å². The number of anilines is 2. The van der Waals surface area contributed by atoms with Crippen LogP contribution in [0.1, 0.15) is 70.6 Å². The van der Waals surface area contributed by atoms with Crippen molar-refractivity contribution in [3.8, 4) is 29.3 Å². The van der Waals surface area contributed by atoms with Crippen molar-refractivity contribution in [2.24, 2.45) is 0 Å². The number of thiophene rings is 1. The Bertz CT molecular complexity index is 1540. The highest BCUT2D eigenvalue weighted by Crippen LogP contribution is 2.37. The van der Waals surface area contributed by atoms with Gasteiger partial charge < -0.3 is 15.8 Å². The lowest BCUT2D eigenvalue weighted by atomic mass is 9.94. The van der Waals surface area contributed by atoms with Gasteiger partial charge in [0, 0.05) is 17.7 Å². The number of hydrogen-bond donors (Lipinski definition) is 2. The number of rotatable bonds is 9. The van der Waals surface area contributed by atoms with E-state index in [1.807, 2.05) is 30.3 Å². The van der Waals surface area contributed by atoms with Crippen LogP contribution in [0.25, 0.3) is 11.1 Å². The molecule has 198 valence electrons. The van der Waals surface area contributed by atoms with E-state index in [-0.39, 0.29) is 57.1 Å². The largest absolute Gasteiger partial charge is 0.462 e. The van der Waals surface area contributed by atoms with E-state index in [0.717, 1.165) is 16.9 Å². The van der Waals surface area contributed by atoms with E-state index in [1.165, 1.54) is 11.8 Å². The molecule has 3 aromatic rings. The summed E-state index contributed by atoms with van der Waals surface area (Å²) in [7, 11) is 0. The highest BCUT2D eigenvalue weighted by molar-refractivity contribution is 7.99. The number of benzene rings is 1. The number of hydrogen-bond acceptors (Lipinski definition) is 10. The quantitative estimate of drug-likeness (QED) is 0.246. The number of nitrogens with one attached hydrogen (secondary N) is 1. The van der Waals surface area contributed by atoms with Gasteiger partial charge in [0.15, 0.2) is 0 Å². The molecule has 0 spiro atoms. The Morgan fingerprint density at radius 1 is 1.10 bits per heavy atom. The molecule has 0 radical (unpaired) electrons. The summed E-state index contributed by atoms with van der Waals surface area (Å²) in [6.07, 6.45) is 0.0338.